The summed E-state index contributed by atoms with van der Waals surface area (Å²) in [5.74, 6) is 0.849. The van der Waals surface area contributed by atoms with Crippen LogP contribution in [-0.4, -0.2) is 52.2 Å². The summed E-state index contributed by atoms with van der Waals surface area (Å²) in [5, 5.41) is 12.1. The zero-order chi connectivity index (χ0) is 23.3. The number of aryl methyl sites for hydroxylation is 2. The van der Waals surface area contributed by atoms with Gasteiger partial charge in [0.25, 0.3) is 0 Å². The summed E-state index contributed by atoms with van der Waals surface area (Å²) in [6, 6.07) is 5.39. The zero-order valence-electron chi connectivity index (χ0n) is 19.3. The van der Waals surface area contributed by atoms with Gasteiger partial charge in [-0.3, -0.25) is 4.79 Å². The minimum atomic E-state index is -3.61. The summed E-state index contributed by atoms with van der Waals surface area (Å²) in [4.78, 5) is 12.8. The number of amides is 1. The molecule has 1 aliphatic carbocycles. The maximum atomic E-state index is 12.9. The first-order valence-corrected chi connectivity index (χ1v) is 13.6. The van der Waals surface area contributed by atoms with Crippen LogP contribution in [0.5, 0.6) is 0 Å². The van der Waals surface area contributed by atoms with Crippen molar-refractivity contribution in [3.05, 3.63) is 29.6 Å². The molecular weight excluding hydrogens is 446 g/mol. The summed E-state index contributed by atoms with van der Waals surface area (Å²) in [5.41, 5.74) is 1.12. The summed E-state index contributed by atoms with van der Waals surface area (Å²) < 4.78 is 29.5. The van der Waals surface area contributed by atoms with Crippen LogP contribution in [0.1, 0.15) is 63.4 Å². The molecule has 1 aromatic carbocycles. The number of sulfonamides is 1. The number of nitrogens with one attached hydrogen (secondary N) is 1. The number of nitrogens with zero attached hydrogens (tertiary/aromatic N) is 4. The highest BCUT2D eigenvalue weighted by Gasteiger charge is 2.25. The van der Waals surface area contributed by atoms with Crippen molar-refractivity contribution in [1.82, 2.24) is 19.1 Å². The van der Waals surface area contributed by atoms with Gasteiger partial charge in [-0.05, 0) is 44.4 Å². The van der Waals surface area contributed by atoms with Crippen LogP contribution in [0.15, 0.2) is 28.3 Å². The highest BCUT2D eigenvalue weighted by molar-refractivity contribution is 7.99. The van der Waals surface area contributed by atoms with Crippen LogP contribution < -0.4 is 5.32 Å². The van der Waals surface area contributed by atoms with E-state index in [0.717, 1.165) is 23.8 Å². The van der Waals surface area contributed by atoms with Crippen LogP contribution in [-0.2, 0) is 14.8 Å². The fraction of sp³-hybridized carbons (Fsp3) is 0.591. The molecule has 2 aromatic rings. The Morgan fingerprint density at radius 1 is 1.16 bits per heavy atom. The number of anilines is 1. The largest absolute Gasteiger partial charge is 0.325 e. The smallest absolute Gasteiger partial charge is 0.243 e. The van der Waals surface area contributed by atoms with Crippen LogP contribution in [0, 0.1) is 13.8 Å². The molecule has 0 unspecified atom stereocenters. The van der Waals surface area contributed by atoms with E-state index in [1.54, 1.807) is 25.1 Å². The fourth-order valence-electron chi connectivity index (χ4n) is 4.19. The highest BCUT2D eigenvalue weighted by Crippen LogP contribution is 2.32. The van der Waals surface area contributed by atoms with Gasteiger partial charge in [-0.2, -0.15) is 4.31 Å². The maximum absolute atomic E-state index is 12.9. The molecule has 1 heterocycles. The third-order valence-corrected chi connectivity index (χ3v) is 9.04. The molecule has 0 bridgehead atoms. The first-order chi connectivity index (χ1) is 15.3. The van der Waals surface area contributed by atoms with E-state index in [0.29, 0.717) is 30.4 Å². The van der Waals surface area contributed by atoms with Gasteiger partial charge in [0.1, 0.15) is 5.82 Å². The molecule has 1 fully saturated rings. The van der Waals surface area contributed by atoms with Crippen LogP contribution in [0.3, 0.4) is 0 Å². The van der Waals surface area contributed by atoms with Crippen molar-refractivity contribution in [2.45, 2.75) is 75.9 Å². The van der Waals surface area contributed by atoms with Crippen molar-refractivity contribution in [2.24, 2.45) is 0 Å². The average Bonchev–Trinajstić information content (AvgIpc) is 3.15. The number of carbonyl (C=O) groups is 1. The van der Waals surface area contributed by atoms with Crippen molar-refractivity contribution < 1.29 is 13.2 Å². The van der Waals surface area contributed by atoms with E-state index >= 15 is 0 Å². The Morgan fingerprint density at radius 3 is 2.50 bits per heavy atom. The van der Waals surface area contributed by atoms with Crippen LogP contribution in [0.4, 0.5) is 5.69 Å². The molecule has 3 rings (SSSR count). The van der Waals surface area contributed by atoms with E-state index in [4.69, 9.17) is 0 Å². The predicted octanol–water partition coefficient (Wildman–Crippen LogP) is 4.16. The molecule has 1 aromatic heterocycles. The molecule has 10 heteroatoms. The lowest BCUT2D eigenvalue weighted by atomic mass is 9.95. The first-order valence-electron chi connectivity index (χ1n) is 11.2. The zero-order valence-corrected chi connectivity index (χ0v) is 20.9. The minimum absolute atomic E-state index is 0.177. The number of thioether (sulfide) groups is 1. The monoisotopic (exact) mass is 479 g/mol. The standard InChI is InChI=1S/C22H33N5O3S2/c1-5-26(6-2)32(29,30)20-14-18(13-12-16(20)3)23-21(28)15-31-22-25-24-17(4)27(22)19-10-8-7-9-11-19/h12-14,19H,5-11,15H2,1-4H3,(H,23,28). The van der Waals surface area contributed by atoms with Crippen LogP contribution >= 0.6 is 11.8 Å². The molecule has 8 nitrogen and oxygen atoms in total. The third-order valence-electron chi connectivity index (χ3n) is 5.90. The lowest BCUT2D eigenvalue weighted by Crippen LogP contribution is -2.31. The van der Waals surface area contributed by atoms with Gasteiger partial charge < -0.3 is 9.88 Å². The molecule has 1 amide bonds. The van der Waals surface area contributed by atoms with E-state index in [9.17, 15) is 13.2 Å². The van der Waals surface area contributed by atoms with Gasteiger partial charge in [-0.15, -0.1) is 10.2 Å². The second-order valence-electron chi connectivity index (χ2n) is 8.10. The van der Waals surface area contributed by atoms with Gasteiger partial charge in [0.2, 0.25) is 15.9 Å². The predicted molar refractivity (Wildman–Crippen MR) is 128 cm³/mol. The maximum Gasteiger partial charge on any atom is 0.243 e. The van der Waals surface area contributed by atoms with Crippen LogP contribution in [0.2, 0.25) is 0 Å². The Bertz CT molecular complexity index is 1040. The molecule has 0 atom stereocenters. The van der Waals surface area contributed by atoms with Gasteiger partial charge in [-0.1, -0.05) is 50.9 Å². The molecule has 1 N–H and O–H groups in total. The summed E-state index contributed by atoms with van der Waals surface area (Å²) in [7, 11) is -3.61. The molecule has 0 aliphatic heterocycles. The van der Waals surface area contributed by atoms with Crippen molar-refractivity contribution in [2.75, 3.05) is 24.2 Å². The first kappa shape index (κ1) is 24.7. The van der Waals surface area contributed by atoms with Gasteiger partial charge in [0.15, 0.2) is 5.16 Å². The average molecular weight is 480 g/mol. The Balaban J connectivity index is 1.69. The number of hydrogen-bond donors (Lipinski definition) is 1. The lowest BCUT2D eigenvalue weighted by molar-refractivity contribution is -0.113. The normalized spacial score (nSPS) is 15.3. The van der Waals surface area contributed by atoms with Gasteiger partial charge >= 0.3 is 0 Å². The second-order valence-corrected chi connectivity index (χ2v) is 10.9. The van der Waals surface area contributed by atoms with E-state index in [1.165, 1.54) is 35.3 Å². The number of hydrogen-bond acceptors (Lipinski definition) is 6. The highest BCUT2D eigenvalue weighted by atomic mass is 32.2. The molecule has 0 radical (unpaired) electrons. The SMILES string of the molecule is CCN(CC)S(=O)(=O)c1cc(NC(=O)CSc2nnc(C)n2C2CCCCC2)ccc1C. The fourth-order valence-corrected chi connectivity index (χ4v) is 6.75. The quantitative estimate of drug-likeness (QED) is 0.543. The number of aromatic nitrogens is 3. The molecule has 0 spiro atoms. The van der Waals surface area contributed by atoms with Gasteiger partial charge in [-0.25, -0.2) is 8.42 Å². The van der Waals surface area contributed by atoms with Crippen molar-refractivity contribution in [3.63, 3.8) is 0 Å². The number of carbonyl (C=O) groups excluding carboxylic acids is 1. The second kappa shape index (κ2) is 10.8. The van der Waals surface area contributed by atoms with Crippen molar-refractivity contribution in [1.29, 1.82) is 0 Å². The Kier molecular flexibility index (Phi) is 8.35. The molecule has 1 saturated carbocycles. The molecule has 1 aliphatic rings. The van der Waals surface area contributed by atoms with E-state index in [2.05, 4.69) is 20.1 Å². The van der Waals surface area contributed by atoms with Gasteiger partial charge in [0.05, 0.1) is 10.6 Å². The van der Waals surface area contributed by atoms with Crippen LogP contribution in [0.25, 0.3) is 0 Å². The minimum Gasteiger partial charge on any atom is -0.325 e. The summed E-state index contributed by atoms with van der Waals surface area (Å²) >= 11 is 1.36. The van der Waals surface area contributed by atoms with Crippen molar-refractivity contribution >= 4 is 33.4 Å². The van der Waals surface area contributed by atoms with E-state index in [1.807, 2.05) is 20.8 Å². The van der Waals surface area contributed by atoms with Crippen molar-refractivity contribution in [3.8, 4) is 0 Å². The van der Waals surface area contributed by atoms with Gasteiger partial charge in [0, 0.05) is 24.8 Å². The molecule has 32 heavy (non-hydrogen) atoms. The topological polar surface area (TPSA) is 97.2 Å². The van der Waals surface area contributed by atoms with E-state index < -0.39 is 10.0 Å². The molecular formula is C22H33N5O3S2. The summed E-state index contributed by atoms with van der Waals surface area (Å²) in [6.07, 6.45) is 5.92. The Hall–Kier alpha value is -1.91. The third kappa shape index (κ3) is 5.52. The van der Waals surface area contributed by atoms with E-state index in [-0.39, 0.29) is 16.6 Å². The molecule has 176 valence electrons. The number of benzene rings is 1. The summed E-state index contributed by atoms with van der Waals surface area (Å²) in [6.45, 7) is 8.13. The Morgan fingerprint density at radius 2 is 1.84 bits per heavy atom. The lowest BCUT2D eigenvalue weighted by Gasteiger charge is -2.24. The molecule has 0 saturated heterocycles. The number of rotatable bonds is 9. The Labute approximate surface area is 195 Å².